The maximum atomic E-state index is 12.7. The summed E-state index contributed by atoms with van der Waals surface area (Å²) in [5, 5.41) is 5.95. The van der Waals surface area contributed by atoms with E-state index >= 15 is 0 Å². The molecule has 1 aromatic rings. The molecule has 1 aromatic carbocycles. The van der Waals surface area contributed by atoms with Crippen molar-refractivity contribution in [2.24, 2.45) is 11.0 Å². The van der Waals surface area contributed by atoms with Crippen molar-refractivity contribution < 1.29 is 17.8 Å². The Hall–Kier alpha value is -1.73. The highest BCUT2D eigenvalue weighted by Gasteiger charge is 2.30. The quantitative estimate of drug-likeness (QED) is 0.190. The normalized spacial score (nSPS) is 14.4. The predicted molar refractivity (Wildman–Crippen MR) is 135 cm³/mol. The summed E-state index contributed by atoms with van der Waals surface area (Å²) in [5.41, 5.74) is 1.29. The van der Waals surface area contributed by atoms with Crippen LogP contribution in [0.1, 0.15) is 110 Å². The van der Waals surface area contributed by atoms with Gasteiger partial charge in [0.2, 0.25) is 0 Å². The molecular weight excluding hydrogens is 436 g/mol. The lowest BCUT2D eigenvalue weighted by Gasteiger charge is -2.16. The van der Waals surface area contributed by atoms with Crippen molar-refractivity contribution >= 4 is 27.4 Å². The third-order valence-corrected chi connectivity index (χ3v) is 7.29. The van der Waals surface area contributed by atoms with Gasteiger partial charge in [0.15, 0.2) is 0 Å². The zero-order chi connectivity index (χ0) is 24.1. The number of hydrogen-bond donors (Lipinski definition) is 1. The van der Waals surface area contributed by atoms with E-state index in [4.69, 9.17) is 0 Å². The van der Waals surface area contributed by atoms with Gasteiger partial charge in [-0.05, 0) is 37.0 Å². The van der Waals surface area contributed by atoms with Crippen LogP contribution in [0.3, 0.4) is 0 Å². The average molecular weight is 479 g/mol. The lowest BCUT2D eigenvalue weighted by atomic mass is 9.89. The van der Waals surface area contributed by atoms with Crippen LogP contribution in [0.25, 0.3) is 0 Å². The summed E-state index contributed by atoms with van der Waals surface area (Å²) >= 11 is 0. The van der Waals surface area contributed by atoms with Crippen LogP contribution < -0.4 is 5.01 Å². The van der Waals surface area contributed by atoms with Crippen LogP contribution in [-0.2, 0) is 14.9 Å². The molecule has 0 aliphatic carbocycles. The summed E-state index contributed by atoms with van der Waals surface area (Å²) in [6, 6.07) is 5.78. The van der Waals surface area contributed by atoms with Crippen molar-refractivity contribution in [2.75, 3.05) is 5.01 Å². The Morgan fingerprint density at radius 1 is 0.909 bits per heavy atom. The van der Waals surface area contributed by atoms with Gasteiger partial charge in [-0.1, -0.05) is 97.0 Å². The van der Waals surface area contributed by atoms with Crippen LogP contribution in [-0.4, -0.2) is 24.6 Å². The summed E-state index contributed by atoms with van der Waals surface area (Å²) in [6.45, 7) is 4.45. The fraction of sp³-hybridized carbons (Fsp3) is 0.692. The maximum Gasteiger partial charge on any atom is 0.294 e. The lowest BCUT2D eigenvalue weighted by molar-refractivity contribution is -0.116. The zero-order valence-electron chi connectivity index (χ0n) is 20.5. The zero-order valence-corrected chi connectivity index (χ0v) is 21.3. The van der Waals surface area contributed by atoms with E-state index in [0.717, 1.165) is 31.4 Å². The standard InChI is InChI=1S/C26H42N2O4S/c1-3-5-7-9-11-13-16-22(17-14-12-10-8-6-4-2)25-21-26(29)28(27-25)23-18-15-19-24(20-23)33(30,31)32/h15,18-20,22H,3-14,16-17,21H2,1-2H3,(H,30,31,32). The van der Waals surface area contributed by atoms with Gasteiger partial charge in [0.1, 0.15) is 0 Å². The molecule has 7 heteroatoms. The van der Waals surface area contributed by atoms with Crippen LogP contribution in [0.4, 0.5) is 5.69 Å². The molecule has 186 valence electrons. The van der Waals surface area contributed by atoms with Gasteiger partial charge in [-0.3, -0.25) is 9.35 Å². The summed E-state index contributed by atoms with van der Waals surface area (Å²) in [6.07, 6.45) is 17.3. The summed E-state index contributed by atoms with van der Waals surface area (Å²) in [7, 11) is -4.33. The molecule has 6 nitrogen and oxygen atoms in total. The number of carbonyl (C=O) groups is 1. The third kappa shape index (κ3) is 9.57. The molecule has 0 bridgehead atoms. The van der Waals surface area contributed by atoms with E-state index in [9.17, 15) is 17.8 Å². The molecular formula is C26H42N2O4S. The molecule has 1 amide bonds. The summed E-state index contributed by atoms with van der Waals surface area (Å²) in [4.78, 5) is 12.5. The van der Waals surface area contributed by atoms with Crippen molar-refractivity contribution in [3.8, 4) is 0 Å². The van der Waals surface area contributed by atoms with Crippen molar-refractivity contribution in [3.63, 3.8) is 0 Å². The number of unbranched alkanes of at least 4 members (excludes halogenated alkanes) is 10. The van der Waals surface area contributed by atoms with Gasteiger partial charge in [-0.2, -0.15) is 13.5 Å². The minimum absolute atomic E-state index is 0.145. The number of hydrogen-bond acceptors (Lipinski definition) is 4. The molecule has 0 aromatic heterocycles. The van der Waals surface area contributed by atoms with E-state index in [1.165, 1.54) is 87.4 Å². The average Bonchev–Trinajstić information content (AvgIpc) is 3.18. The monoisotopic (exact) mass is 478 g/mol. The second kappa shape index (κ2) is 14.5. The molecule has 0 spiro atoms. The van der Waals surface area contributed by atoms with Gasteiger partial charge in [0.25, 0.3) is 16.0 Å². The first-order valence-electron chi connectivity index (χ1n) is 12.8. The predicted octanol–water partition coefficient (Wildman–Crippen LogP) is 7.14. The van der Waals surface area contributed by atoms with Gasteiger partial charge in [0.05, 0.1) is 22.7 Å². The molecule has 33 heavy (non-hydrogen) atoms. The number of carbonyl (C=O) groups excluding carboxylic acids is 1. The summed E-state index contributed by atoms with van der Waals surface area (Å²) in [5.74, 6) is 0.148. The number of benzene rings is 1. The highest BCUT2D eigenvalue weighted by atomic mass is 32.2. The molecule has 1 aliphatic heterocycles. The molecule has 1 N–H and O–H groups in total. The minimum atomic E-state index is -4.33. The lowest BCUT2D eigenvalue weighted by Crippen LogP contribution is -2.20. The maximum absolute atomic E-state index is 12.7. The third-order valence-electron chi connectivity index (χ3n) is 6.44. The second-order valence-electron chi connectivity index (χ2n) is 9.26. The number of anilines is 1. The Balaban J connectivity index is 2.04. The van der Waals surface area contributed by atoms with Gasteiger partial charge in [-0.25, -0.2) is 5.01 Å². The highest BCUT2D eigenvalue weighted by Crippen LogP contribution is 2.29. The smallest absolute Gasteiger partial charge is 0.282 e. The van der Waals surface area contributed by atoms with Gasteiger partial charge >= 0.3 is 0 Å². The molecule has 0 unspecified atom stereocenters. The number of rotatable bonds is 17. The van der Waals surface area contributed by atoms with E-state index in [-0.39, 0.29) is 17.2 Å². The van der Waals surface area contributed by atoms with Crippen molar-refractivity contribution in [2.45, 2.75) is 115 Å². The molecule has 0 radical (unpaired) electrons. The van der Waals surface area contributed by atoms with Crippen LogP contribution in [0.2, 0.25) is 0 Å². The molecule has 0 atom stereocenters. The van der Waals surface area contributed by atoms with E-state index in [1.54, 1.807) is 6.07 Å². The van der Waals surface area contributed by atoms with E-state index in [0.29, 0.717) is 11.6 Å². The van der Waals surface area contributed by atoms with Crippen molar-refractivity contribution in [3.05, 3.63) is 24.3 Å². The first-order valence-corrected chi connectivity index (χ1v) is 14.3. The first kappa shape index (κ1) is 27.5. The van der Waals surface area contributed by atoms with Crippen LogP contribution in [0.15, 0.2) is 34.3 Å². The molecule has 2 rings (SSSR count). The number of amides is 1. The van der Waals surface area contributed by atoms with Crippen LogP contribution in [0.5, 0.6) is 0 Å². The largest absolute Gasteiger partial charge is 0.294 e. The van der Waals surface area contributed by atoms with Crippen LogP contribution in [0, 0.1) is 5.92 Å². The molecule has 0 fully saturated rings. The molecule has 0 saturated heterocycles. The SMILES string of the molecule is CCCCCCCCC(CCCCCCCC)C1=NN(c2cccc(S(=O)(=O)O)c2)C(=O)C1. The molecule has 1 aliphatic rings. The van der Waals surface area contributed by atoms with Crippen molar-refractivity contribution in [1.82, 2.24) is 0 Å². The van der Waals surface area contributed by atoms with Crippen LogP contribution >= 0.6 is 0 Å². The topological polar surface area (TPSA) is 87.0 Å². The first-order chi connectivity index (χ1) is 15.9. The fourth-order valence-corrected chi connectivity index (χ4v) is 4.99. The Morgan fingerprint density at radius 2 is 1.45 bits per heavy atom. The molecule has 0 saturated carbocycles. The van der Waals surface area contributed by atoms with Crippen molar-refractivity contribution in [1.29, 1.82) is 0 Å². The van der Waals surface area contributed by atoms with Gasteiger partial charge < -0.3 is 0 Å². The minimum Gasteiger partial charge on any atom is -0.282 e. The van der Waals surface area contributed by atoms with E-state index in [2.05, 4.69) is 18.9 Å². The fourth-order valence-electron chi connectivity index (χ4n) is 4.47. The Morgan fingerprint density at radius 3 is 2.00 bits per heavy atom. The Bertz CT molecular complexity index is 851. The van der Waals surface area contributed by atoms with Gasteiger partial charge in [0, 0.05) is 0 Å². The number of hydrazone groups is 1. The van der Waals surface area contributed by atoms with Gasteiger partial charge in [-0.15, -0.1) is 0 Å². The highest BCUT2D eigenvalue weighted by molar-refractivity contribution is 7.85. The van der Waals surface area contributed by atoms with E-state index in [1.807, 2.05) is 0 Å². The second-order valence-corrected chi connectivity index (χ2v) is 10.7. The Labute approximate surface area is 200 Å². The Kier molecular flexibility index (Phi) is 12.1. The molecule has 1 heterocycles. The van der Waals surface area contributed by atoms with E-state index < -0.39 is 10.1 Å². The summed E-state index contributed by atoms with van der Waals surface area (Å²) < 4.78 is 32.3. The number of nitrogens with zero attached hydrogens (tertiary/aromatic N) is 2.